The van der Waals surface area contributed by atoms with Crippen LogP contribution in [0.15, 0.2) is 4.99 Å². The molecule has 1 aliphatic carbocycles. The largest absolute Gasteiger partial charge is 0.312 e. The number of hydrogen-bond donors (Lipinski definition) is 1. The molecule has 3 nitrogen and oxygen atoms in total. The van der Waals surface area contributed by atoms with Gasteiger partial charge in [-0.1, -0.05) is 26.7 Å². The summed E-state index contributed by atoms with van der Waals surface area (Å²) < 4.78 is 0. The van der Waals surface area contributed by atoms with Gasteiger partial charge in [-0.3, -0.25) is 9.79 Å². The first-order chi connectivity index (χ1) is 7.20. The maximum atomic E-state index is 11.5. The lowest BCUT2D eigenvalue weighted by Crippen LogP contribution is -2.34. The molecule has 1 unspecified atom stereocenters. The zero-order chi connectivity index (χ0) is 10.8. The maximum absolute atomic E-state index is 11.5. The molecule has 0 aromatic heterocycles. The van der Waals surface area contributed by atoms with Gasteiger partial charge >= 0.3 is 0 Å². The summed E-state index contributed by atoms with van der Waals surface area (Å²) in [7, 11) is 0. The van der Waals surface area contributed by atoms with Gasteiger partial charge in [-0.05, 0) is 25.2 Å². The Morgan fingerprint density at radius 3 is 2.53 bits per heavy atom. The minimum atomic E-state index is -0.112. The monoisotopic (exact) mass is 208 g/mol. The first-order valence-corrected chi connectivity index (χ1v) is 6.09. The maximum Gasteiger partial charge on any atom is 0.250 e. The van der Waals surface area contributed by atoms with Gasteiger partial charge in [0, 0.05) is 5.92 Å². The van der Waals surface area contributed by atoms with E-state index in [0.717, 1.165) is 18.2 Å². The van der Waals surface area contributed by atoms with E-state index in [4.69, 9.17) is 0 Å². The van der Waals surface area contributed by atoms with Gasteiger partial charge < -0.3 is 5.32 Å². The third-order valence-corrected chi connectivity index (χ3v) is 3.64. The van der Waals surface area contributed by atoms with Crippen LogP contribution in [0.4, 0.5) is 0 Å². The average Bonchev–Trinajstić information content (AvgIpc) is 2.61. The summed E-state index contributed by atoms with van der Waals surface area (Å²) >= 11 is 0. The van der Waals surface area contributed by atoms with E-state index >= 15 is 0 Å². The van der Waals surface area contributed by atoms with E-state index in [0.29, 0.717) is 5.92 Å². The van der Waals surface area contributed by atoms with E-state index < -0.39 is 0 Å². The van der Waals surface area contributed by atoms with Gasteiger partial charge in [-0.2, -0.15) is 0 Å². The zero-order valence-corrected chi connectivity index (χ0v) is 9.62. The molecule has 0 saturated heterocycles. The van der Waals surface area contributed by atoms with Crippen molar-refractivity contribution in [2.45, 2.75) is 52.0 Å². The number of amides is 1. The summed E-state index contributed by atoms with van der Waals surface area (Å²) in [6.45, 7) is 4.32. The molecule has 2 aliphatic rings. The Hall–Kier alpha value is -0.860. The third-order valence-electron chi connectivity index (χ3n) is 3.64. The Kier molecular flexibility index (Phi) is 3.08. The van der Waals surface area contributed by atoms with Gasteiger partial charge in [0.05, 0.1) is 0 Å². The molecule has 1 N–H and O–H groups in total. The SMILES string of the molecule is CCC1N=C(C2CCC(C)CC2)NC1=O. The second kappa shape index (κ2) is 4.33. The number of nitrogens with zero attached hydrogens (tertiary/aromatic N) is 1. The Bertz CT molecular complexity index is 277. The Morgan fingerprint density at radius 2 is 2.00 bits per heavy atom. The molecule has 0 aromatic carbocycles. The summed E-state index contributed by atoms with van der Waals surface area (Å²) in [5.41, 5.74) is 0. The van der Waals surface area contributed by atoms with Crippen LogP contribution in [0.2, 0.25) is 0 Å². The van der Waals surface area contributed by atoms with Crippen molar-refractivity contribution in [1.82, 2.24) is 5.32 Å². The lowest BCUT2D eigenvalue weighted by atomic mass is 9.82. The van der Waals surface area contributed by atoms with Gasteiger partial charge in [0.1, 0.15) is 11.9 Å². The predicted octanol–water partition coefficient (Wildman–Crippen LogP) is 2.12. The van der Waals surface area contributed by atoms with E-state index in [2.05, 4.69) is 17.2 Å². The Labute approximate surface area is 91.3 Å². The highest BCUT2D eigenvalue weighted by Crippen LogP contribution is 2.29. The molecular formula is C12H20N2O. The van der Waals surface area contributed by atoms with Crippen LogP contribution in [0.25, 0.3) is 0 Å². The van der Waals surface area contributed by atoms with Crippen molar-refractivity contribution in [1.29, 1.82) is 0 Å². The van der Waals surface area contributed by atoms with Crippen molar-refractivity contribution in [3.63, 3.8) is 0 Å². The summed E-state index contributed by atoms with van der Waals surface area (Å²) in [5, 5.41) is 2.95. The van der Waals surface area contributed by atoms with Crippen LogP contribution in [0, 0.1) is 11.8 Å². The topological polar surface area (TPSA) is 41.5 Å². The molecule has 84 valence electrons. The molecule has 1 saturated carbocycles. The number of amidine groups is 1. The summed E-state index contributed by atoms with van der Waals surface area (Å²) in [5.74, 6) is 2.44. The van der Waals surface area contributed by atoms with Gasteiger partial charge in [0.2, 0.25) is 5.91 Å². The lowest BCUT2D eigenvalue weighted by molar-refractivity contribution is -0.120. The first-order valence-electron chi connectivity index (χ1n) is 6.09. The van der Waals surface area contributed by atoms with Crippen LogP contribution in [0.3, 0.4) is 0 Å². The molecule has 1 heterocycles. The minimum absolute atomic E-state index is 0.103. The van der Waals surface area contributed by atoms with E-state index in [-0.39, 0.29) is 11.9 Å². The highest BCUT2D eigenvalue weighted by Gasteiger charge is 2.30. The van der Waals surface area contributed by atoms with Crippen molar-refractivity contribution in [2.24, 2.45) is 16.8 Å². The molecule has 0 spiro atoms. The molecule has 1 fully saturated rings. The summed E-state index contributed by atoms with van der Waals surface area (Å²) in [6.07, 6.45) is 5.75. The van der Waals surface area contributed by atoms with Crippen LogP contribution in [-0.4, -0.2) is 17.8 Å². The van der Waals surface area contributed by atoms with Gasteiger partial charge in [-0.25, -0.2) is 0 Å². The van der Waals surface area contributed by atoms with Crippen molar-refractivity contribution >= 4 is 11.7 Å². The number of rotatable bonds is 2. The van der Waals surface area contributed by atoms with Gasteiger partial charge in [0.25, 0.3) is 0 Å². The highest BCUT2D eigenvalue weighted by atomic mass is 16.2. The smallest absolute Gasteiger partial charge is 0.250 e. The molecule has 1 atom stereocenters. The molecule has 1 aliphatic heterocycles. The molecule has 2 rings (SSSR count). The molecule has 0 bridgehead atoms. The molecule has 15 heavy (non-hydrogen) atoms. The van der Waals surface area contributed by atoms with E-state index in [1.807, 2.05) is 6.92 Å². The normalized spacial score (nSPS) is 36.3. The third kappa shape index (κ3) is 2.21. The van der Waals surface area contributed by atoms with Gasteiger partial charge in [-0.15, -0.1) is 0 Å². The molecular weight excluding hydrogens is 188 g/mol. The van der Waals surface area contributed by atoms with Crippen LogP contribution in [0.5, 0.6) is 0 Å². The van der Waals surface area contributed by atoms with Crippen molar-refractivity contribution in [3.05, 3.63) is 0 Å². The molecule has 0 radical (unpaired) electrons. The van der Waals surface area contributed by atoms with Crippen LogP contribution in [0.1, 0.15) is 46.0 Å². The van der Waals surface area contributed by atoms with Crippen molar-refractivity contribution in [2.75, 3.05) is 0 Å². The van der Waals surface area contributed by atoms with Crippen LogP contribution in [-0.2, 0) is 4.79 Å². The number of carbonyl (C=O) groups is 1. The molecule has 0 aromatic rings. The second-order valence-electron chi connectivity index (χ2n) is 4.88. The van der Waals surface area contributed by atoms with Gasteiger partial charge in [0.15, 0.2) is 0 Å². The standard InChI is InChI=1S/C12H20N2O/c1-3-10-12(15)14-11(13-10)9-6-4-8(2)5-7-9/h8-10H,3-7H2,1-2H3,(H,13,14,15). The number of hydrogen-bond acceptors (Lipinski definition) is 2. The fourth-order valence-corrected chi connectivity index (χ4v) is 2.49. The second-order valence-corrected chi connectivity index (χ2v) is 4.88. The van der Waals surface area contributed by atoms with Crippen LogP contribution < -0.4 is 5.32 Å². The quantitative estimate of drug-likeness (QED) is 0.742. The summed E-state index contributed by atoms with van der Waals surface area (Å²) in [6, 6.07) is -0.112. The van der Waals surface area contributed by atoms with E-state index in [1.165, 1.54) is 25.7 Å². The minimum Gasteiger partial charge on any atom is -0.312 e. The van der Waals surface area contributed by atoms with Crippen molar-refractivity contribution < 1.29 is 4.79 Å². The molecule has 3 heteroatoms. The lowest BCUT2D eigenvalue weighted by Gasteiger charge is -2.25. The predicted molar refractivity (Wildman–Crippen MR) is 60.8 cm³/mol. The average molecular weight is 208 g/mol. The number of aliphatic imine (C=N–C) groups is 1. The fraction of sp³-hybridized carbons (Fsp3) is 0.833. The molecule has 1 amide bonds. The Balaban J connectivity index is 1.97. The van der Waals surface area contributed by atoms with Crippen LogP contribution >= 0.6 is 0 Å². The van der Waals surface area contributed by atoms with Crippen molar-refractivity contribution in [3.8, 4) is 0 Å². The fourth-order valence-electron chi connectivity index (χ4n) is 2.49. The Morgan fingerprint density at radius 1 is 1.33 bits per heavy atom. The van der Waals surface area contributed by atoms with E-state index in [1.54, 1.807) is 0 Å². The number of carbonyl (C=O) groups excluding carboxylic acids is 1. The number of nitrogens with one attached hydrogen (secondary N) is 1. The highest BCUT2D eigenvalue weighted by molar-refractivity contribution is 6.06. The zero-order valence-electron chi connectivity index (χ0n) is 9.62. The summed E-state index contributed by atoms with van der Waals surface area (Å²) in [4.78, 5) is 16.0. The van der Waals surface area contributed by atoms with E-state index in [9.17, 15) is 4.79 Å². The first kappa shape index (κ1) is 10.7.